The van der Waals surface area contributed by atoms with E-state index in [1.165, 1.54) is 25.8 Å². The maximum absolute atomic E-state index is 15.1. The van der Waals surface area contributed by atoms with Crippen LogP contribution in [0.4, 0.5) is 4.79 Å². The zero-order valence-electron chi connectivity index (χ0n) is 60.1. The summed E-state index contributed by atoms with van der Waals surface area (Å²) in [5, 5.41) is 19.0. The van der Waals surface area contributed by atoms with Crippen molar-refractivity contribution in [1.82, 2.24) is 46.4 Å². The Morgan fingerprint density at radius 2 is 1.12 bits per heavy atom. The summed E-state index contributed by atoms with van der Waals surface area (Å²) in [6, 6.07) is 18.7. The first-order chi connectivity index (χ1) is 46.5. The number of hydrogen-bond acceptors (Lipinski definition) is 17. The monoisotopic (exact) mass is 1440 g/mol. The Hall–Kier alpha value is -8.41. The lowest BCUT2D eigenvalue weighted by Crippen LogP contribution is -2.64. The number of unbranched alkanes of at least 4 members (excludes halogenated alkanes) is 1. The minimum atomic E-state index is -4.33. The molecule has 4 aromatic carbocycles. The third-order valence-corrected chi connectivity index (χ3v) is 19.9. The van der Waals surface area contributed by atoms with E-state index in [1.807, 2.05) is 68.4 Å². The van der Waals surface area contributed by atoms with Crippen LogP contribution >= 0.6 is 25.3 Å². The van der Waals surface area contributed by atoms with Gasteiger partial charge in [0.1, 0.15) is 58.2 Å². The van der Waals surface area contributed by atoms with Crippen molar-refractivity contribution in [3.63, 3.8) is 0 Å². The van der Waals surface area contributed by atoms with Gasteiger partial charge in [-0.05, 0) is 140 Å². The SMILES string of the molecule is Cc1c(C)c(S(=O)(=O)N(C)C(N)=NCCC[C@H](NC(=O)[C@H](CCCCN(C)C(=O)OC(C)(C)C)NC(=O)[C@@H](N)CS)C(=O)NC(C)(C)C(=O)N[C@@H](CC(=O)NC(c2ccccc2)(c2ccccc2)c2ccccc2)C(=O)N[C@@H](CS)C(=O)N[C@H](C(N)=O)C(C)(C)C)c(C)c2c1OC(C)(C)C2. The van der Waals surface area contributed by atoms with Gasteiger partial charge in [-0.2, -0.15) is 25.3 Å². The number of primary amides is 1. The lowest BCUT2D eigenvalue weighted by Gasteiger charge is -2.37. The molecule has 0 unspecified atom stereocenters. The number of hydrogen-bond donors (Lipinski definition) is 12. The van der Waals surface area contributed by atoms with Crippen molar-refractivity contribution in [1.29, 1.82) is 0 Å². The molecule has 9 amide bonds. The summed E-state index contributed by atoms with van der Waals surface area (Å²) in [5.41, 5.74) is 16.9. The lowest BCUT2D eigenvalue weighted by atomic mass is 9.77. The van der Waals surface area contributed by atoms with Gasteiger partial charge in [0, 0.05) is 50.7 Å². The Labute approximate surface area is 599 Å². The molecule has 0 aromatic heterocycles. The van der Waals surface area contributed by atoms with Crippen LogP contribution in [-0.2, 0) is 65.1 Å². The van der Waals surface area contributed by atoms with Crippen molar-refractivity contribution in [3.05, 3.63) is 130 Å². The first-order valence-electron chi connectivity index (χ1n) is 33.2. The molecule has 1 aliphatic rings. The molecule has 0 saturated carbocycles. The van der Waals surface area contributed by atoms with Gasteiger partial charge in [0.05, 0.1) is 17.4 Å². The number of nitrogens with two attached hydrogens (primary N) is 3. The molecular formula is C71H103N13O13S3. The molecule has 0 radical (unpaired) electrons. The molecule has 0 bridgehead atoms. The topological polar surface area (TPSA) is 387 Å². The van der Waals surface area contributed by atoms with Gasteiger partial charge in [-0.15, -0.1) is 0 Å². The zero-order valence-corrected chi connectivity index (χ0v) is 62.7. The number of carbonyl (C=O) groups excluding carboxylic acids is 9. The molecule has 0 spiro atoms. The van der Waals surface area contributed by atoms with Crippen LogP contribution in [0.2, 0.25) is 0 Å². The molecule has 5 rings (SSSR count). The summed E-state index contributed by atoms with van der Waals surface area (Å²) in [6.45, 7) is 21.9. The van der Waals surface area contributed by atoms with Crippen molar-refractivity contribution >= 4 is 94.6 Å². The Morgan fingerprint density at radius 3 is 1.62 bits per heavy atom. The molecule has 1 aliphatic heterocycles. The first kappa shape index (κ1) is 82.3. The lowest BCUT2D eigenvalue weighted by molar-refractivity contribution is -0.138. The van der Waals surface area contributed by atoms with Crippen LogP contribution < -0.4 is 59.2 Å². The highest BCUT2D eigenvalue weighted by Gasteiger charge is 2.43. The number of nitrogens with one attached hydrogen (secondary N) is 7. The molecule has 0 fully saturated rings. The summed E-state index contributed by atoms with van der Waals surface area (Å²) in [6.07, 6.45) is -0.593. The van der Waals surface area contributed by atoms with Crippen molar-refractivity contribution in [2.24, 2.45) is 27.6 Å². The number of rotatable bonds is 32. The smallest absolute Gasteiger partial charge is 0.410 e. The molecule has 1 heterocycles. The molecule has 548 valence electrons. The molecular weight excluding hydrogens is 1340 g/mol. The molecule has 100 heavy (non-hydrogen) atoms. The molecule has 13 N–H and O–H groups in total. The highest BCUT2D eigenvalue weighted by atomic mass is 32.2. The third kappa shape index (κ3) is 21.6. The van der Waals surface area contributed by atoms with Crippen LogP contribution in [0.5, 0.6) is 5.75 Å². The zero-order chi connectivity index (χ0) is 75.0. The number of nitrogens with zero attached hydrogens (tertiary/aromatic N) is 3. The molecule has 6 atom stereocenters. The number of carbonyl (C=O) groups is 9. The number of fused-ring (bicyclic) bond motifs is 1. The second kappa shape index (κ2) is 34.8. The minimum absolute atomic E-state index is 0.0192. The van der Waals surface area contributed by atoms with Gasteiger partial charge in [-0.3, -0.25) is 43.3 Å². The van der Waals surface area contributed by atoms with Gasteiger partial charge in [0.15, 0.2) is 0 Å². The number of sulfonamides is 1. The van der Waals surface area contributed by atoms with Crippen molar-refractivity contribution < 1.29 is 61.0 Å². The summed E-state index contributed by atoms with van der Waals surface area (Å²) >= 11 is 8.52. The highest BCUT2D eigenvalue weighted by molar-refractivity contribution is 7.89. The van der Waals surface area contributed by atoms with E-state index in [1.54, 1.807) is 106 Å². The maximum atomic E-state index is 15.1. The fourth-order valence-corrected chi connectivity index (χ4v) is 13.5. The molecule has 4 aromatic rings. The van der Waals surface area contributed by atoms with Crippen LogP contribution in [0.3, 0.4) is 0 Å². The minimum Gasteiger partial charge on any atom is -0.487 e. The maximum Gasteiger partial charge on any atom is 0.410 e. The summed E-state index contributed by atoms with van der Waals surface area (Å²) < 4.78 is 41.5. The fraction of sp³-hybridized carbons (Fsp3) is 0.521. The summed E-state index contributed by atoms with van der Waals surface area (Å²) in [5.74, 6) is -7.28. The number of guanidine groups is 1. The summed E-state index contributed by atoms with van der Waals surface area (Å²) in [7, 11) is -1.51. The second-order valence-electron chi connectivity index (χ2n) is 28.4. The Balaban J connectivity index is 1.52. The number of amides is 9. The predicted molar refractivity (Wildman–Crippen MR) is 391 cm³/mol. The van der Waals surface area contributed by atoms with Gasteiger partial charge in [-0.25, -0.2) is 17.5 Å². The average molecular weight is 1440 g/mol. The van der Waals surface area contributed by atoms with E-state index in [2.05, 4.69) is 67.5 Å². The molecule has 29 heteroatoms. The van der Waals surface area contributed by atoms with E-state index >= 15 is 9.59 Å². The van der Waals surface area contributed by atoms with Gasteiger partial charge >= 0.3 is 6.09 Å². The van der Waals surface area contributed by atoms with Gasteiger partial charge in [-0.1, -0.05) is 112 Å². The van der Waals surface area contributed by atoms with Gasteiger partial charge in [0.2, 0.25) is 53.2 Å². The highest BCUT2D eigenvalue weighted by Crippen LogP contribution is 2.44. The van der Waals surface area contributed by atoms with Crippen molar-refractivity contribution in [3.8, 4) is 5.75 Å². The van der Waals surface area contributed by atoms with Gasteiger partial charge in [0.25, 0.3) is 10.0 Å². The van der Waals surface area contributed by atoms with E-state index in [0.717, 1.165) is 9.87 Å². The number of ether oxygens (including phenoxy) is 2. The van der Waals surface area contributed by atoms with Crippen LogP contribution in [0.15, 0.2) is 101 Å². The van der Waals surface area contributed by atoms with Crippen molar-refractivity contribution in [2.75, 3.05) is 38.7 Å². The Morgan fingerprint density at radius 1 is 0.630 bits per heavy atom. The van der Waals surface area contributed by atoms with Crippen LogP contribution in [-0.4, -0.2) is 169 Å². The molecule has 0 saturated heterocycles. The van der Waals surface area contributed by atoms with Crippen LogP contribution in [0.1, 0.15) is 147 Å². The van der Waals surface area contributed by atoms with Crippen LogP contribution in [0, 0.1) is 26.2 Å². The van der Waals surface area contributed by atoms with E-state index in [9.17, 15) is 42.0 Å². The van der Waals surface area contributed by atoms with E-state index in [4.69, 9.17) is 26.7 Å². The average Bonchev–Trinajstić information content (AvgIpc) is 1.47. The Kier molecular flexibility index (Phi) is 28.6. The third-order valence-electron chi connectivity index (χ3n) is 17.1. The standard InChI is InChI=1S/C71H103N13O13S3/c1-42-43(2)56(44(3)48-39-69(10,11)96-55(42)48)100(94,95)84(15)65(74)75-36-27-35-51(77-60(88)50(76-59(87)49(72)40-98)34-25-26-37-83(14)66(93)97-68(7,8)9)63(91)82-70(12,13)64(92)79-52(61(89)78-53(41-99)62(90)80-57(58(73)86)67(4,5)6)38-54(85)81-71(45-28-19-16-20-29-45,46-30-21-17-22-31-46)47-32-23-18-24-33-47/h16-24,28-33,49-53,57,98-99H,25-27,34-41,72H2,1-15H3,(H2,73,86)(H2,74,75)(H,76,87)(H,77,88)(H,78,89)(H,79,92)(H,80,90)(H,81,85)(H,82,91)/t49-,50-,51-,52-,53-,57+/m0/s1. The largest absolute Gasteiger partial charge is 0.487 e. The molecule has 0 aliphatic carbocycles. The first-order valence-corrected chi connectivity index (χ1v) is 35.9. The van der Waals surface area contributed by atoms with E-state index in [-0.39, 0.29) is 55.2 Å². The van der Waals surface area contributed by atoms with E-state index in [0.29, 0.717) is 52.0 Å². The summed E-state index contributed by atoms with van der Waals surface area (Å²) in [4.78, 5) is 133. The number of benzene rings is 4. The Bertz CT molecular complexity index is 3640. The van der Waals surface area contributed by atoms with Gasteiger partial charge < -0.3 is 68.8 Å². The second-order valence-corrected chi connectivity index (χ2v) is 31.0. The van der Waals surface area contributed by atoms with Crippen molar-refractivity contribution in [2.45, 2.75) is 198 Å². The predicted octanol–water partition coefficient (Wildman–Crippen LogP) is 4.61. The molecule has 26 nitrogen and oxygen atoms in total. The quantitative estimate of drug-likeness (QED) is 0.0104. The van der Waals surface area contributed by atoms with E-state index < -0.39 is 140 Å². The normalized spacial score (nSPS) is 15.0. The number of thiol groups is 2. The fourth-order valence-electron chi connectivity index (χ4n) is 11.4. The van der Waals surface area contributed by atoms with Crippen LogP contribution in [0.25, 0.3) is 0 Å². The number of aliphatic imine (C=N–C) groups is 1.